The SMILES string of the molecule is O=c1nc2n(nc1-c1ccc(F)cc1)[C@@H](CCl)Nc1ccccc1-2. The number of benzene rings is 2. The minimum atomic E-state index is -0.460. The van der Waals surface area contributed by atoms with Gasteiger partial charge in [0.25, 0.3) is 5.56 Å². The molecule has 1 aliphatic rings. The predicted octanol–water partition coefficient (Wildman–Crippen LogP) is 3.27. The van der Waals surface area contributed by atoms with Crippen molar-refractivity contribution in [2.45, 2.75) is 6.17 Å². The number of hydrogen-bond donors (Lipinski definition) is 1. The van der Waals surface area contributed by atoms with E-state index in [0.29, 0.717) is 11.4 Å². The highest BCUT2D eigenvalue weighted by molar-refractivity contribution is 6.18. The zero-order valence-corrected chi connectivity index (χ0v) is 13.2. The van der Waals surface area contributed by atoms with Crippen LogP contribution in [0.15, 0.2) is 53.3 Å². The minimum absolute atomic E-state index is 0.162. The van der Waals surface area contributed by atoms with Gasteiger partial charge in [0.2, 0.25) is 0 Å². The fraction of sp³-hybridized carbons (Fsp3) is 0.118. The van der Waals surface area contributed by atoms with Crippen LogP contribution in [-0.2, 0) is 0 Å². The molecule has 7 heteroatoms. The van der Waals surface area contributed by atoms with E-state index >= 15 is 0 Å². The molecule has 2 aromatic carbocycles. The van der Waals surface area contributed by atoms with Crippen molar-refractivity contribution < 1.29 is 4.39 Å². The Hall–Kier alpha value is -2.73. The Labute approximate surface area is 141 Å². The molecule has 1 atom stereocenters. The third kappa shape index (κ3) is 2.35. The monoisotopic (exact) mass is 342 g/mol. The van der Waals surface area contributed by atoms with E-state index in [2.05, 4.69) is 15.4 Å². The first kappa shape index (κ1) is 14.8. The molecule has 0 saturated heterocycles. The molecule has 1 aromatic heterocycles. The molecule has 0 saturated carbocycles. The van der Waals surface area contributed by atoms with E-state index in [4.69, 9.17) is 11.6 Å². The van der Waals surface area contributed by atoms with Gasteiger partial charge in [-0.3, -0.25) is 4.79 Å². The number of nitrogens with one attached hydrogen (secondary N) is 1. The number of rotatable bonds is 2. The Morgan fingerprint density at radius 1 is 1.17 bits per heavy atom. The van der Waals surface area contributed by atoms with Gasteiger partial charge in [-0.15, -0.1) is 11.6 Å². The summed E-state index contributed by atoms with van der Waals surface area (Å²) in [6.45, 7) is 0. The normalized spacial score (nSPS) is 15.3. The van der Waals surface area contributed by atoms with Crippen molar-refractivity contribution in [2.75, 3.05) is 11.2 Å². The van der Waals surface area contributed by atoms with Gasteiger partial charge < -0.3 is 5.32 Å². The molecule has 0 amide bonds. The third-order valence-electron chi connectivity index (χ3n) is 3.88. The summed E-state index contributed by atoms with van der Waals surface area (Å²) in [4.78, 5) is 16.7. The van der Waals surface area contributed by atoms with Crippen LogP contribution >= 0.6 is 11.6 Å². The lowest BCUT2D eigenvalue weighted by atomic mass is 10.1. The van der Waals surface area contributed by atoms with Gasteiger partial charge in [0.15, 0.2) is 11.5 Å². The number of halogens is 2. The summed E-state index contributed by atoms with van der Waals surface area (Å²) in [5.74, 6) is 0.340. The molecule has 24 heavy (non-hydrogen) atoms. The van der Waals surface area contributed by atoms with Crippen molar-refractivity contribution in [3.05, 3.63) is 64.7 Å². The molecule has 2 heterocycles. The Balaban J connectivity index is 1.94. The van der Waals surface area contributed by atoms with Crippen LogP contribution in [0.4, 0.5) is 10.1 Å². The van der Waals surface area contributed by atoms with Gasteiger partial charge in [0.05, 0.1) is 5.88 Å². The van der Waals surface area contributed by atoms with E-state index in [-0.39, 0.29) is 23.6 Å². The first-order chi connectivity index (χ1) is 11.7. The van der Waals surface area contributed by atoms with E-state index < -0.39 is 5.56 Å². The molecule has 3 aromatic rings. The maximum Gasteiger partial charge on any atom is 0.300 e. The molecule has 120 valence electrons. The second-order valence-corrected chi connectivity index (χ2v) is 5.71. The largest absolute Gasteiger partial charge is 0.362 e. The highest BCUT2D eigenvalue weighted by Crippen LogP contribution is 2.34. The summed E-state index contributed by atoms with van der Waals surface area (Å²) in [6, 6.07) is 13.1. The van der Waals surface area contributed by atoms with Crippen molar-refractivity contribution in [3.8, 4) is 22.6 Å². The van der Waals surface area contributed by atoms with Crippen LogP contribution in [-0.4, -0.2) is 20.6 Å². The van der Waals surface area contributed by atoms with Crippen molar-refractivity contribution in [1.29, 1.82) is 0 Å². The highest BCUT2D eigenvalue weighted by Gasteiger charge is 2.26. The smallest absolute Gasteiger partial charge is 0.300 e. The van der Waals surface area contributed by atoms with Crippen molar-refractivity contribution in [2.24, 2.45) is 0 Å². The molecule has 0 radical (unpaired) electrons. The van der Waals surface area contributed by atoms with Gasteiger partial charge >= 0.3 is 0 Å². The Kier molecular flexibility index (Phi) is 3.54. The molecule has 0 bridgehead atoms. The maximum absolute atomic E-state index is 13.1. The summed E-state index contributed by atoms with van der Waals surface area (Å²) in [7, 11) is 0. The van der Waals surface area contributed by atoms with Crippen molar-refractivity contribution >= 4 is 17.3 Å². The fourth-order valence-electron chi connectivity index (χ4n) is 2.74. The summed E-state index contributed by atoms with van der Waals surface area (Å²) >= 11 is 6.05. The maximum atomic E-state index is 13.1. The quantitative estimate of drug-likeness (QED) is 0.726. The van der Waals surface area contributed by atoms with E-state index in [0.717, 1.165) is 11.3 Å². The van der Waals surface area contributed by atoms with Crippen LogP contribution < -0.4 is 10.9 Å². The lowest BCUT2D eigenvalue weighted by molar-refractivity contribution is 0.525. The number of nitrogens with zero attached hydrogens (tertiary/aromatic N) is 3. The van der Waals surface area contributed by atoms with Gasteiger partial charge in [0.1, 0.15) is 12.0 Å². The van der Waals surface area contributed by atoms with E-state index in [1.807, 2.05) is 24.3 Å². The first-order valence-corrected chi connectivity index (χ1v) is 7.89. The van der Waals surface area contributed by atoms with Crippen LogP contribution in [0.3, 0.4) is 0 Å². The van der Waals surface area contributed by atoms with Gasteiger partial charge in [-0.25, -0.2) is 9.07 Å². The second kappa shape index (κ2) is 5.72. The summed E-state index contributed by atoms with van der Waals surface area (Å²) < 4.78 is 14.7. The molecule has 0 aliphatic carbocycles. The van der Waals surface area contributed by atoms with Crippen LogP contribution in [0.2, 0.25) is 0 Å². The highest BCUT2D eigenvalue weighted by atomic mass is 35.5. The Bertz CT molecular complexity index is 971. The molecule has 0 unspecified atom stereocenters. The van der Waals surface area contributed by atoms with E-state index in [1.54, 1.807) is 4.68 Å². The topological polar surface area (TPSA) is 59.8 Å². The number of hydrogen-bond acceptors (Lipinski definition) is 4. The molecule has 1 aliphatic heterocycles. The number of alkyl halides is 1. The Morgan fingerprint density at radius 2 is 1.92 bits per heavy atom. The van der Waals surface area contributed by atoms with E-state index in [1.165, 1.54) is 24.3 Å². The fourth-order valence-corrected chi connectivity index (χ4v) is 2.94. The number of fused-ring (bicyclic) bond motifs is 3. The lowest BCUT2D eigenvalue weighted by Crippen LogP contribution is -2.32. The van der Waals surface area contributed by atoms with Crippen LogP contribution in [0, 0.1) is 5.82 Å². The molecule has 0 spiro atoms. The zero-order valence-electron chi connectivity index (χ0n) is 12.4. The predicted molar refractivity (Wildman–Crippen MR) is 90.5 cm³/mol. The van der Waals surface area contributed by atoms with Gasteiger partial charge in [-0.2, -0.15) is 10.1 Å². The van der Waals surface area contributed by atoms with Crippen molar-refractivity contribution in [3.63, 3.8) is 0 Å². The van der Waals surface area contributed by atoms with Crippen LogP contribution in [0.5, 0.6) is 0 Å². The molecular weight excluding hydrogens is 331 g/mol. The third-order valence-corrected chi connectivity index (χ3v) is 4.18. The second-order valence-electron chi connectivity index (χ2n) is 5.40. The molecule has 0 fully saturated rings. The first-order valence-electron chi connectivity index (χ1n) is 7.36. The summed E-state index contributed by atoms with van der Waals surface area (Å²) in [5, 5.41) is 7.71. The summed E-state index contributed by atoms with van der Waals surface area (Å²) in [6.07, 6.45) is -0.330. The average molecular weight is 343 g/mol. The summed E-state index contributed by atoms with van der Waals surface area (Å²) in [5.41, 5.74) is 1.85. The lowest BCUT2D eigenvalue weighted by Gasteiger charge is -2.28. The average Bonchev–Trinajstić information content (AvgIpc) is 2.61. The van der Waals surface area contributed by atoms with Crippen LogP contribution in [0.25, 0.3) is 22.6 Å². The molecule has 5 nitrogen and oxygen atoms in total. The van der Waals surface area contributed by atoms with Crippen LogP contribution in [0.1, 0.15) is 6.17 Å². The Morgan fingerprint density at radius 3 is 2.67 bits per heavy atom. The number of aromatic nitrogens is 3. The molecule has 1 N–H and O–H groups in total. The van der Waals surface area contributed by atoms with Gasteiger partial charge in [-0.1, -0.05) is 12.1 Å². The molecule has 4 rings (SSSR count). The van der Waals surface area contributed by atoms with Crippen molar-refractivity contribution in [1.82, 2.24) is 14.8 Å². The number of anilines is 1. The van der Waals surface area contributed by atoms with Gasteiger partial charge in [-0.05, 0) is 36.4 Å². The number of para-hydroxylation sites is 1. The minimum Gasteiger partial charge on any atom is -0.362 e. The molecular formula is C17H12ClFN4O. The van der Waals surface area contributed by atoms with Gasteiger partial charge in [0, 0.05) is 16.8 Å². The zero-order chi connectivity index (χ0) is 16.7. The van der Waals surface area contributed by atoms with E-state index in [9.17, 15) is 9.18 Å². The standard InChI is InChI=1S/C17H12ClFN4O/c18-9-14-20-13-4-2-1-3-12(13)16-21-17(24)15(22-23(14)16)10-5-7-11(19)8-6-10/h1-8,14,20H,9H2/t14-/m0/s1.